The van der Waals surface area contributed by atoms with Crippen LogP contribution in [0.4, 0.5) is 0 Å². The number of aromatic amines is 1. The van der Waals surface area contributed by atoms with Crippen molar-refractivity contribution in [2.75, 3.05) is 0 Å². The molecular formula is C26H38N6O5. The normalized spacial score (nSPS) is 14.5. The summed E-state index contributed by atoms with van der Waals surface area (Å²) in [5.41, 5.74) is 7.38. The number of hydrogen-bond donors (Lipinski definition) is 6. The first-order valence-corrected chi connectivity index (χ1v) is 12.4. The number of amides is 3. The predicted molar refractivity (Wildman–Crippen MR) is 138 cm³/mol. The molecule has 0 saturated heterocycles. The lowest BCUT2D eigenvalue weighted by molar-refractivity contribution is -0.142. The number of carboxylic acid groups (broad SMARTS) is 1. The van der Waals surface area contributed by atoms with Crippen LogP contribution in [0.5, 0.6) is 0 Å². The van der Waals surface area contributed by atoms with Gasteiger partial charge in [0.1, 0.15) is 18.1 Å². The Labute approximate surface area is 217 Å². The lowest BCUT2D eigenvalue weighted by atomic mass is 9.99. The number of rotatable bonds is 14. The molecule has 4 unspecified atom stereocenters. The zero-order valence-corrected chi connectivity index (χ0v) is 21.7. The molecule has 0 aliphatic carbocycles. The summed E-state index contributed by atoms with van der Waals surface area (Å²) in [6, 6.07) is 5.14. The summed E-state index contributed by atoms with van der Waals surface area (Å²) < 4.78 is 0. The average molecular weight is 515 g/mol. The summed E-state index contributed by atoms with van der Waals surface area (Å²) in [4.78, 5) is 57.6. The Balaban J connectivity index is 2.17. The molecule has 0 radical (unpaired) electrons. The van der Waals surface area contributed by atoms with Crippen molar-refractivity contribution in [3.63, 3.8) is 0 Å². The number of aliphatic carboxylic acids is 1. The maximum absolute atomic E-state index is 13.3. The van der Waals surface area contributed by atoms with E-state index in [-0.39, 0.29) is 24.7 Å². The molecule has 0 fully saturated rings. The monoisotopic (exact) mass is 514 g/mol. The van der Waals surface area contributed by atoms with Crippen molar-refractivity contribution < 1.29 is 24.3 Å². The van der Waals surface area contributed by atoms with Gasteiger partial charge in [0, 0.05) is 24.7 Å². The Morgan fingerprint density at radius 2 is 1.57 bits per heavy atom. The minimum Gasteiger partial charge on any atom is -0.480 e. The van der Waals surface area contributed by atoms with Crippen molar-refractivity contribution in [3.05, 3.63) is 54.1 Å². The molecule has 11 heteroatoms. The van der Waals surface area contributed by atoms with Gasteiger partial charge < -0.3 is 31.8 Å². The Kier molecular flexibility index (Phi) is 11.3. The number of carboxylic acids is 1. The number of aromatic nitrogens is 2. The molecule has 2 rings (SSSR count). The maximum atomic E-state index is 13.3. The quantitative estimate of drug-likeness (QED) is 0.215. The van der Waals surface area contributed by atoms with Crippen LogP contribution in [0, 0.1) is 11.8 Å². The van der Waals surface area contributed by atoms with Crippen molar-refractivity contribution in [2.45, 2.75) is 71.1 Å². The molecule has 1 aromatic carbocycles. The molecule has 7 N–H and O–H groups in total. The van der Waals surface area contributed by atoms with Gasteiger partial charge in [-0.25, -0.2) is 9.78 Å². The SMILES string of the molecule is CC(C)CC(N)C(=O)NC(Cc1ccccc1)C(=O)NC(C(=O)NC(Cc1cnc[nH]1)C(=O)O)C(C)C. The molecule has 1 heterocycles. The topological polar surface area (TPSA) is 179 Å². The van der Waals surface area contributed by atoms with E-state index in [2.05, 4.69) is 25.9 Å². The van der Waals surface area contributed by atoms with Crippen LogP contribution in [0.1, 0.15) is 45.4 Å². The number of carbonyl (C=O) groups is 4. The molecule has 11 nitrogen and oxygen atoms in total. The molecule has 202 valence electrons. The summed E-state index contributed by atoms with van der Waals surface area (Å²) in [5, 5.41) is 17.5. The van der Waals surface area contributed by atoms with Crippen LogP contribution in [0.25, 0.3) is 0 Å². The Morgan fingerprint density at radius 3 is 2.11 bits per heavy atom. The lowest BCUT2D eigenvalue weighted by Gasteiger charge is -2.27. The third-order valence-electron chi connectivity index (χ3n) is 5.82. The van der Waals surface area contributed by atoms with Crippen LogP contribution < -0.4 is 21.7 Å². The van der Waals surface area contributed by atoms with Crippen molar-refractivity contribution in [1.82, 2.24) is 25.9 Å². The summed E-state index contributed by atoms with van der Waals surface area (Å²) in [7, 11) is 0. The van der Waals surface area contributed by atoms with E-state index in [0.29, 0.717) is 12.1 Å². The Morgan fingerprint density at radius 1 is 0.919 bits per heavy atom. The minimum atomic E-state index is -1.22. The van der Waals surface area contributed by atoms with E-state index in [1.165, 1.54) is 12.5 Å². The molecule has 0 spiro atoms. The summed E-state index contributed by atoms with van der Waals surface area (Å²) in [6.45, 7) is 7.37. The highest BCUT2D eigenvalue weighted by Crippen LogP contribution is 2.09. The molecule has 2 aromatic rings. The molecule has 0 bridgehead atoms. The fourth-order valence-corrected chi connectivity index (χ4v) is 3.82. The van der Waals surface area contributed by atoms with Crippen LogP contribution in [0.15, 0.2) is 42.9 Å². The van der Waals surface area contributed by atoms with Gasteiger partial charge >= 0.3 is 5.97 Å². The first-order chi connectivity index (χ1) is 17.5. The van der Waals surface area contributed by atoms with Gasteiger partial charge in [0.05, 0.1) is 12.4 Å². The van der Waals surface area contributed by atoms with Crippen molar-refractivity contribution in [2.24, 2.45) is 17.6 Å². The van der Waals surface area contributed by atoms with Crippen LogP contribution in [-0.2, 0) is 32.0 Å². The summed E-state index contributed by atoms with van der Waals surface area (Å²) in [6.07, 6.45) is 3.54. The molecule has 0 aliphatic rings. The van der Waals surface area contributed by atoms with Gasteiger partial charge in [0.25, 0.3) is 0 Å². The number of carbonyl (C=O) groups excluding carboxylic acids is 3. The smallest absolute Gasteiger partial charge is 0.326 e. The largest absolute Gasteiger partial charge is 0.480 e. The maximum Gasteiger partial charge on any atom is 0.326 e. The zero-order chi connectivity index (χ0) is 27.5. The number of nitrogens with zero attached hydrogens (tertiary/aromatic N) is 1. The highest BCUT2D eigenvalue weighted by atomic mass is 16.4. The Bertz CT molecular complexity index is 1030. The van der Waals surface area contributed by atoms with Gasteiger partial charge in [-0.2, -0.15) is 0 Å². The zero-order valence-electron chi connectivity index (χ0n) is 21.7. The third-order valence-corrected chi connectivity index (χ3v) is 5.82. The van der Waals surface area contributed by atoms with Crippen LogP contribution in [-0.4, -0.2) is 62.9 Å². The van der Waals surface area contributed by atoms with Crippen molar-refractivity contribution >= 4 is 23.7 Å². The highest BCUT2D eigenvalue weighted by molar-refractivity contribution is 5.94. The lowest BCUT2D eigenvalue weighted by Crippen LogP contribution is -2.59. The van der Waals surface area contributed by atoms with E-state index in [9.17, 15) is 24.3 Å². The van der Waals surface area contributed by atoms with Crippen molar-refractivity contribution in [1.29, 1.82) is 0 Å². The number of hydrogen-bond acceptors (Lipinski definition) is 6. The highest BCUT2D eigenvalue weighted by Gasteiger charge is 2.32. The number of H-pyrrole nitrogens is 1. The number of benzene rings is 1. The molecule has 0 saturated carbocycles. The van der Waals surface area contributed by atoms with Gasteiger partial charge in [0.2, 0.25) is 17.7 Å². The molecule has 4 atom stereocenters. The first kappa shape index (κ1) is 29.5. The van der Waals surface area contributed by atoms with Crippen LogP contribution in [0.2, 0.25) is 0 Å². The fourth-order valence-electron chi connectivity index (χ4n) is 3.82. The van der Waals surface area contributed by atoms with Crippen LogP contribution in [0.3, 0.4) is 0 Å². The second kappa shape index (κ2) is 14.1. The van der Waals surface area contributed by atoms with E-state index >= 15 is 0 Å². The molecule has 0 aliphatic heterocycles. The average Bonchev–Trinajstić information content (AvgIpc) is 3.34. The van der Waals surface area contributed by atoms with E-state index in [4.69, 9.17) is 5.73 Å². The predicted octanol–water partition coefficient (Wildman–Crippen LogP) is 0.763. The number of imidazole rings is 1. The van der Waals surface area contributed by atoms with Gasteiger partial charge in [-0.1, -0.05) is 58.0 Å². The van der Waals surface area contributed by atoms with Gasteiger partial charge in [-0.15, -0.1) is 0 Å². The number of nitrogens with two attached hydrogens (primary N) is 1. The van der Waals surface area contributed by atoms with Gasteiger partial charge in [-0.05, 0) is 23.8 Å². The minimum absolute atomic E-state index is 0.000262. The van der Waals surface area contributed by atoms with Crippen LogP contribution >= 0.6 is 0 Å². The number of nitrogens with one attached hydrogen (secondary N) is 4. The van der Waals surface area contributed by atoms with Crippen molar-refractivity contribution in [3.8, 4) is 0 Å². The Hall–Kier alpha value is -3.73. The molecule has 1 aromatic heterocycles. The van der Waals surface area contributed by atoms with E-state index in [0.717, 1.165) is 5.56 Å². The molecule has 37 heavy (non-hydrogen) atoms. The standard InChI is InChI=1S/C26H38N6O5/c1-15(2)10-19(27)23(33)30-20(11-17-8-6-5-7-9-17)24(34)32-22(16(3)4)25(35)31-21(26(36)37)12-18-13-28-14-29-18/h5-9,13-16,19-22H,10-12,27H2,1-4H3,(H,28,29)(H,30,33)(H,31,35)(H,32,34)(H,36,37). The summed E-state index contributed by atoms with van der Waals surface area (Å²) >= 11 is 0. The van der Waals surface area contributed by atoms with Gasteiger partial charge in [-0.3, -0.25) is 14.4 Å². The second-order valence-electron chi connectivity index (χ2n) is 9.90. The molecule has 3 amide bonds. The van der Waals surface area contributed by atoms with Gasteiger partial charge in [0.15, 0.2) is 0 Å². The second-order valence-corrected chi connectivity index (χ2v) is 9.90. The first-order valence-electron chi connectivity index (χ1n) is 12.4. The third kappa shape index (κ3) is 9.68. The van der Waals surface area contributed by atoms with E-state index in [1.54, 1.807) is 13.8 Å². The van der Waals surface area contributed by atoms with E-state index < -0.39 is 47.9 Å². The summed E-state index contributed by atoms with van der Waals surface area (Å²) in [5.74, 6) is -3.05. The molecular weight excluding hydrogens is 476 g/mol. The van der Waals surface area contributed by atoms with E-state index in [1.807, 2.05) is 44.2 Å². The fraction of sp³-hybridized carbons (Fsp3) is 0.500.